The first-order chi connectivity index (χ1) is 9.58. The fraction of sp³-hybridized carbons (Fsp3) is 0.429. The number of ether oxygens (including phenoxy) is 1. The number of likely N-dealkylation sites (N-methyl/N-ethyl adjacent to an activating group) is 1. The van der Waals surface area contributed by atoms with Crippen LogP contribution >= 0.6 is 0 Å². The molecule has 1 fully saturated rings. The van der Waals surface area contributed by atoms with Gasteiger partial charge in [0.2, 0.25) is 5.91 Å². The Morgan fingerprint density at radius 2 is 2.10 bits per heavy atom. The van der Waals surface area contributed by atoms with Gasteiger partial charge >= 0.3 is 5.97 Å². The molecule has 6 heteroatoms. The zero-order chi connectivity index (χ0) is 14.5. The van der Waals surface area contributed by atoms with Crippen LogP contribution < -0.4 is 4.90 Å². The van der Waals surface area contributed by atoms with E-state index in [1.165, 1.54) is 0 Å². The summed E-state index contributed by atoms with van der Waals surface area (Å²) >= 11 is 0. The van der Waals surface area contributed by atoms with E-state index in [0.717, 1.165) is 5.69 Å². The summed E-state index contributed by atoms with van der Waals surface area (Å²) in [5, 5.41) is 8.93. The van der Waals surface area contributed by atoms with Gasteiger partial charge in [0.15, 0.2) is 6.10 Å². The normalized spacial score (nSPS) is 19.6. The van der Waals surface area contributed by atoms with Crippen molar-refractivity contribution < 1.29 is 19.4 Å². The Bertz CT molecular complexity index is 477. The number of carbonyl (C=O) groups excluding carboxylic acids is 1. The Morgan fingerprint density at radius 1 is 1.40 bits per heavy atom. The monoisotopic (exact) mass is 278 g/mol. The summed E-state index contributed by atoms with van der Waals surface area (Å²) in [7, 11) is 1.72. The van der Waals surface area contributed by atoms with Crippen LogP contribution in [-0.4, -0.2) is 61.3 Å². The average Bonchev–Trinajstić information content (AvgIpc) is 2.47. The number of carbonyl (C=O) groups is 2. The third kappa shape index (κ3) is 3.55. The summed E-state index contributed by atoms with van der Waals surface area (Å²) in [6.45, 7) is 1.33. The summed E-state index contributed by atoms with van der Waals surface area (Å²) in [4.78, 5) is 26.5. The molecule has 1 saturated heterocycles. The van der Waals surface area contributed by atoms with E-state index in [2.05, 4.69) is 0 Å². The minimum absolute atomic E-state index is 0.0674. The molecule has 1 aliphatic rings. The number of para-hydroxylation sites is 1. The number of benzene rings is 1. The van der Waals surface area contributed by atoms with Crippen molar-refractivity contribution in [3.05, 3.63) is 30.3 Å². The lowest BCUT2D eigenvalue weighted by molar-refractivity contribution is -0.156. The summed E-state index contributed by atoms with van der Waals surface area (Å²) in [5.74, 6) is -1.05. The van der Waals surface area contributed by atoms with E-state index < -0.39 is 12.1 Å². The molecular weight excluding hydrogens is 260 g/mol. The largest absolute Gasteiger partial charge is 0.479 e. The van der Waals surface area contributed by atoms with E-state index in [0.29, 0.717) is 13.2 Å². The first-order valence-electron chi connectivity index (χ1n) is 6.46. The van der Waals surface area contributed by atoms with Gasteiger partial charge in [0, 0.05) is 25.8 Å². The third-order valence-electron chi connectivity index (χ3n) is 3.30. The predicted molar refractivity (Wildman–Crippen MR) is 73.7 cm³/mol. The van der Waals surface area contributed by atoms with Crippen molar-refractivity contribution in [2.45, 2.75) is 6.10 Å². The van der Waals surface area contributed by atoms with Gasteiger partial charge in [-0.1, -0.05) is 18.2 Å². The number of rotatable bonds is 4. The number of anilines is 1. The molecule has 0 aliphatic carbocycles. The van der Waals surface area contributed by atoms with Crippen LogP contribution in [0.2, 0.25) is 0 Å². The zero-order valence-corrected chi connectivity index (χ0v) is 11.4. The van der Waals surface area contributed by atoms with Crippen molar-refractivity contribution in [2.75, 3.05) is 38.2 Å². The van der Waals surface area contributed by atoms with E-state index in [4.69, 9.17) is 9.84 Å². The molecule has 108 valence electrons. The van der Waals surface area contributed by atoms with Crippen LogP contribution in [0, 0.1) is 0 Å². The molecule has 1 amide bonds. The Hall–Kier alpha value is -1.92. The lowest BCUT2D eigenvalue weighted by Crippen LogP contribution is -2.49. The number of aliphatic carboxylic acids is 1. The van der Waals surface area contributed by atoms with Crippen LogP contribution in [0.3, 0.4) is 0 Å². The van der Waals surface area contributed by atoms with Crippen LogP contribution in [0.5, 0.6) is 0 Å². The van der Waals surface area contributed by atoms with Crippen LogP contribution in [0.25, 0.3) is 0 Å². The average molecular weight is 278 g/mol. The van der Waals surface area contributed by atoms with Crippen molar-refractivity contribution in [3.8, 4) is 0 Å². The summed E-state index contributed by atoms with van der Waals surface area (Å²) in [5.41, 5.74) is 0.820. The molecule has 0 saturated carbocycles. The minimum Gasteiger partial charge on any atom is -0.479 e. The quantitative estimate of drug-likeness (QED) is 0.865. The SMILES string of the molecule is CN(C(=O)CN1CCOC(C(=O)O)C1)c1ccccc1. The van der Waals surface area contributed by atoms with Crippen LogP contribution in [0.4, 0.5) is 5.69 Å². The van der Waals surface area contributed by atoms with E-state index in [9.17, 15) is 9.59 Å². The molecule has 0 spiro atoms. The van der Waals surface area contributed by atoms with Gasteiger partial charge in [0.25, 0.3) is 0 Å². The number of hydrogen-bond acceptors (Lipinski definition) is 4. The standard InChI is InChI=1S/C14H18N2O4/c1-15(11-5-3-2-4-6-11)13(17)10-16-7-8-20-12(9-16)14(18)19/h2-6,12H,7-10H2,1H3,(H,18,19). The summed E-state index contributed by atoms with van der Waals surface area (Å²) < 4.78 is 5.13. The van der Waals surface area contributed by atoms with Crippen LogP contribution in [0.1, 0.15) is 0 Å². The Morgan fingerprint density at radius 3 is 2.75 bits per heavy atom. The van der Waals surface area contributed by atoms with Gasteiger partial charge in [0.05, 0.1) is 13.2 Å². The molecule has 0 aromatic heterocycles. The second-order valence-electron chi connectivity index (χ2n) is 4.72. The maximum atomic E-state index is 12.2. The van der Waals surface area contributed by atoms with Crippen molar-refractivity contribution >= 4 is 17.6 Å². The molecule has 20 heavy (non-hydrogen) atoms. The maximum absolute atomic E-state index is 12.2. The first-order valence-corrected chi connectivity index (χ1v) is 6.46. The number of morpholine rings is 1. The smallest absolute Gasteiger partial charge is 0.334 e. The van der Waals surface area contributed by atoms with Gasteiger partial charge < -0.3 is 14.7 Å². The molecule has 1 heterocycles. The molecule has 1 aromatic carbocycles. The van der Waals surface area contributed by atoms with E-state index >= 15 is 0 Å². The van der Waals surface area contributed by atoms with Gasteiger partial charge in [-0.05, 0) is 12.1 Å². The number of amides is 1. The molecule has 6 nitrogen and oxygen atoms in total. The number of nitrogens with zero attached hydrogens (tertiary/aromatic N) is 2. The lowest BCUT2D eigenvalue weighted by Gasteiger charge is -2.31. The highest BCUT2D eigenvalue weighted by Crippen LogP contribution is 2.12. The molecule has 0 bridgehead atoms. The van der Waals surface area contributed by atoms with Gasteiger partial charge in [0.1, 0.15) is 0 Å². The highest BCUT2D eigenvalue weighted by atomic mass is 16.5. The van der Waals surface area contributed by atoms with E-state index in [1.807, 2.05) is 35.2 Å². The predicted octanol–water partition coefficient (Wildman–Crippen LogP) is 0.435. The zero-order valence-electron chi connectivity index (χ0n) is 11.4. The van der Waals surface area contributed by atoms with Gasteiger partial charge in [-0.3, -0.25) is 9.69 Å². The molecule has 1 unspecified atom stereocenters. The molecule has 0 radical (unpaired) electrons. The van der Waals surface area contributed by atoms with Crippen LogP contribution in [0.15, 0.2) is 30.3 Å². The molecule has 1 aromatic rings. The van der Waals surface area contributed by atoms with Crippen molar-refractivity contribution in [2.24, 2.45) is 0 Å². The molecule has 1 N–H and O–H groups in total. The Balaban J connectivity index is 1.92. The molecule has 1 aliphatic heterocycles. The van der Waals surface area contributed by atoms with Crippen LogP contribution in [-0.2, 0) is 14.3 Å². The van der Waals surface area contributed by atoms with Crippen molar-refractivity contribution in [1.82, 2.24) is 4.90 Å². The number of hydrogen-bond donors (Lipinski definition) is 1. The molecule has 2 rings (SSSR count). The Kier molecular flexibility index (Phi) is 4.70. The summed E-state index contributed by atoms with van der Waals surface area (Å²) in [6, 6.07) is 9.35. The lowest BCUT2D eigenvalue weighted by atomic mass is 10.2. The highest BCUT2D eigenvalue weighted by Gasteiger charge is 2.27. The molecular formula is C14H18N2O4. The maximum Gasteiger partial charge on any atom is 0.334 e. The highest BCUT2D eigenvalue weighted by molar-refractivity contribution is 5.94. The third-order valence-corrected chi connectivity index (χ3v) is 3.30. The Labute approximate surface area is 117 Å². The van der Waals surface area contributed by atoms with Crippen molar-refractivity contribution in [1.29, 1.82) is 0 Å². The number of carboxylic acid groups (broad SMARTS) is 1. The molecule has 1 atom stereocenters. The fourth-order valence-electron chi connectivity index (χ4n) is 2.09. The topological polar surface area (TPSA) is 70.1 Å². The fourth-order valence-corrected chi connectivity index (χ4v) is 2.09. The van der Waals surface area contributed by atoms with Gasteiger partial charge in [-0.25, -0.2) is 4.79 Å². The first kappa shape index (κ1) is 14.5. The van der Waals surface area contributed by atoms with Gasteiger partial charge in [-0.15, -0.1) is 0 Å². The van der Waals surface area contributed by atoms with E-state index in [-0.39, 0.29) is 19.0 Å². The number of carboxylic acids is 1. The van der Waals surface area contributed by atoms with Crippen molar-refractivity contribution in [3.63, 3.8) is 0 Å². The second-order valence-corrected chi connectivity index (χ2v) is 4.72. The second kappa shape index (κ2) is 6.49. The van der Waals surface area contributed by atoms with Gasteiger partial charge in [-0.2, -0.15) is 0 Å². The summed E-state index contributed by atoms with van der Waals surface area (Å²) in [6.07, 6.45) is -0.849. The minimum atomic E-state index is -0.987. The van der Waals surface area contributed by atoms with E-state index in [1.54, 1.807) is 11.9 Å².